The molecule has 1 unspecified atom stereocenters. The summed E-state index contributed by atoms with van der Waals surface area (Å²) in [5.74, 6) is -0.141. The number of thioether (sulfide) groups is 1. The van der Waals surface area contributed by atoms with Crippen molar-refractivity contribution in [2.24, 2.45) is 5.73 Å². The van der Waals surface area contributed by atoms with Crippen LogP contribution in [0.3, 0.4) is 0 Å². The second-order valence-corrected chi connectivity index (χ2v) is 6.01. The summed E-state index contributed by atoms with van der Waals surface area (Å²) in [6, 6.07) is 4.89. The fourth-order valence-electron chi connectivity index (χ4n) is 1.88. The fraction of sp³-hybridized carbons (Fsp3) is 0.533. The summed E-state index contributed by atoms with van der Waals surface area (Å²) in [6.07, 6.45) is -1.56. The summed E-state index contributed by atoms with van der Waals surface area (Å²) < 4.78 is 37.8. The third kappa shape index (κ3) is 6.70. The number of hydrogen-bond acceptors (Lipinski definition) is 3. The smallest absolute Gasteiger partial charge is 0.351 e. The van der Waals surface area contributed by atoms with Crippen LogP contribution in [0.5, 0.6) is 0 Å². The molecule has 1 aromatic rings. The molecular formula is C15H21F3N2OS. The minimum absolute atomic E-state index is 0.0733. The van der Waals surface area contributed by atoms with E-state index in [0.717, 1.165) is 43.2 Å². The summed E-state index contributed by atoms with van der Waals surface area (Å²) in [5.41, 5.74) is 4.88. The number of hydrogen-bond donors (Lipinski definition) is 2. The molecule has 0 spiro atoms. The Morgan fingerprint density at radius 3 is 2.73 bits per heavy atom. The number of benzene rings is 1. The standard InChI is InChI=1S/C15H21F3N2OS/c1-2-3-6-12(9-19)20-14(21)10-22-13-7-4-5-11(8-13)15(16,17)18/h4-5,7-8,12H,2-3,6,9-10,19H2,1H3,(H,20,21). The molecule has 0 aliphatic heterocycles. The number of rotatable bonds is 8. The Labute approximate surface area is 132 Å². The lowest BCUT2D eigenvalue weighted by Gasteiger charge is -2.16. The molecular weight excluding hydrogens is 313 g/mol. The predicted molar refractivity (Wildman–Crippen MR) is 82.7 cm³/mol. The van der Waals surface area contributed by atoms with Gasteiger partial charge in [0.25, 0.3) is 0 Å². The van der Waals surface area contributed by atoms with Gasteiger partial charge in [-0.1, -0.05) is 25.8 Å². The lowest BCUT2D eigenvalue weighted by molar-refractivity contribution is -0.137. The van der Waals surface area contributed by atoms with Gasteiger partial charge in [-0.3, -0.25) is 4.79 Å². The molecule has 0 aromatic heterocycles. The van der Waals surface area contributed by atoms with Crippen molar-refractivity contribution in [1.82, 2.24) is 5.32 Å². The molecule has 0 radical (unpaired) electrons. The molecule has 1 amide bonds. The summed E-state index contributed by atoms with van der Waals surface area (Å²) >= 11 is 1.08. The molecule has 124 valence electrons. The predicted octanol–water partition coefficient (Wildman–Crippen LogP) is 3.43. The second-order valence-electron chi connectivity index (χ2n) is 4.96. The maximum Gasteiger partial charge on any atom is 0.416 e. The average Bonchev–Trinajstić information content (AvgIpc) is 2.48. The fourth-order valence-corrected chi connectivity index (χ4v) is 2.65. The van der Waals surface area contributed by atoms with E-state index in [9.17, 15) is 18.0 Å². The van der Waals surface area contributed by atoms with Crippen molar-refractivity contribution in [2.45, 2.75) is 43.3 Å². The Morgan fingerprint density at radius 1 is 1.41 bits per heavy atom. The van der Waals surface area contributed by atoms with Crippen molar-refractivity contribution < 1.29 is 18.0 Å². The third-order valence-corrected chi connectivity index (χ3v) is 4.08. The molecule has 3 nitrogen and oxygen atoms in total. The Balaban J connectivity index is 2.50. The van der Waals surface area contributed by atoms with Crippen LogP contribution in [0.1, 0.15) is 31.7 Å². The van der Waals surface area contributed by atoms with Gasteiger partial charge in [-0.25, -0.2) is 0 Å². The van der Waals surface area contributed by atoms with Gasteiger partial charge in [0, 0.05) is 17.5 Å². The topological polar surface area (TPSA) is 55.1 Å². The van der Waals surface area contributed by atoms with E-state index in [2.05, 4.69) is 12.2 Å². The van der Waals surface area contributed by atoms with Gasteiger partial charge in [0.1, 0.15) is 0 Å². The van der Waals surface area contributed by atoms with Crippen molar-refractivity contribution in [1.29, 1.82) is 0 Å². The molecule has 22 heavy (non-hydrogen) atoms. The molecule has 0 aliphatic carbocycles. The van der Waals surface area contributed by atoms with Crippen molar-refractivity contribution in [3.63, 3.8) is 0 Å². The molecule has 0 bridgehead atoms. The zero-order chi connectivity index (χ0) is 16.6. The molecule has 3 N–H and O–H groups in total. The van der Waals surface area contributed by atoms with Crippen LogP contribution < -0.4 is 11.1 Å². The lowest BCUT2D eigenvalue weighted by atomic mass is 10.1. The minimum Gasteiger partial charge on any atom is -0.351 e. The first-order valence-electron chi connectivity index (χ1n) is 7.16. The van der Waals surface area contributed by atoms with E-state index in [-0.39, 0.29) is 17.7 Å². The van der Waals surface area contributed by atoms with Gasteiger partial charge in [-0.2, -0.15) is 13.2 Å². The van der Waals surface area contributed by atoms with Crippen LogP contribution in [-0.2, 0) is 11.0 Å². The Bertz CT molecular complexity index is 480. The van der Waals surface area contributed by atoms with E-state index in [1.807, 2.05) is 0 Å². The van der Waals surface area contributed by atoms with Crippen molar-refractivity contribution >= 4 is 17.7 Å². The van der Waals surface area contributed by atoms with E-state index in [4.69, 9.17) is 5.73 Å². The first-order chi connectivity index (χ1) is 10.4. The van der Waals surface area contributed by atoms with E-state index in [1.54, 1.807) is 6.07 Å². The largest absolute Gasteiger partial charge is 0.416 e. The highest BCUT2D eigenvalue weighted by atomic mass is 32.2. The Hall–Kier alpha value is -1.21. The third-order valence-electron chi connectivity index (χ3n) is 3.09. The lowest BCUT2D eigenvalue weighted by Crippen LogP contribution is -2.41. The Morgan fingerprint density at radius 2 is 2.14 bits per heavy atom. The molecule has 0 saturated carbocycles. The van der Waals surface area contributed by atoms with Crippen LogP contribution in [0.4, 0.5) is 13.2 Å². The monoisotopic (exact) mass is 334 g/mol. The normalized spacial score (nSPS) is 13.0. The molecule has 1 atom stereocenters. The number of unbranched alkanes of at least 4 members (excludes halogenated alkanes) is 1. The number of carbonyl (C=O) groups excluding carboxylic acids is 1. The summed E-state index contributed by atoms with van der Waals surface area (Å²) in [5, 5.41) is 2.81. The number of nitrogens with two attached hydrogens (primary N) is 1. The highest BCUT2D eigenvalue weighted by Gasteiger charge is 2.30. The van der Waals surface area contributed by atoms with E-state index >= 15 is 0 Å². The highest BCUT2D eigenvalue weighted by molar-refractivity contribution is 8.00. The zero-order valence-electron chi connectivity index (χ0n) is 12.5. The number of nitrogens with one attached hydrogen (secondary N) is 1. The van der Waals surface area contributed by atoms with Crippen LogP contribution in [0.15, 0.2) is 29.2 Å². The van der Waals surface area contributed by atoms with Gasteiger partial charge >= 0.3 is 6.18 Å². The number of alkyl halides is 3. The SMILES string of the molecule is CCCCC(CN)NC(=O)CSc1cccc(C(F)(F)F)c1. The van der Waals surface area contributed by atoms with Gasteiger partial charge in [0.05, 0.1) is 11.3 Å². The summed E-state index contributed by atoms with van der Waals surface area (Å²) in [4.78, 5) is 12.2. The zero-order valence-corrected chi connectivity index (χ0v) is 13.3. The quantitative estimate of drug-likeness (QED) is 0.716. The summed E-state index contributed by atoms with van der Waals surface area (Å²) in [6.45, 7) is 2.42. The minimum atomic E-state index is -4.37. The van der Waals surface area contributed by atoms with Crippen LogP contribution in [0.25, 0.3) is 0 Å². The van der Waals surface area contributed by atoms with Crippen molar-refractivity contribution in [3.05, 3.63) is 29.8 Å². The first-order valence-corrected chi connectivity index (χ1v) is 8.14. The number of carbonyl (C=O) groups is 1. The van der Waals surface area contributed by atoms with Gasteiger partial charge in [0.2, 0.25) is 5.91 Å². The van der Waals surface area contributed by atoms with E-state index < -0.39 is 11.7 Å². The maximum absolute atomic E-state index is 12.6. The van der Waals surface area contributed by atoms with Gasteiger partial charge in [-0.05, 0) is 24.6 Å². The first kappa shape index (κ1) is 18.8. The maximum atomic E-state index is 12.6. The number of halogens is 3. The van der Waals surface area contributed by atoms with E-state index in [1.165, 1.54) is 6.07 Å². The molecule has 1 rings (SSSR count). The molecule has 0 saturated heterocycles. The van der Waals surface area contributed by atoms with Crippen LogP contribution in [-0.4, -0.2) is 24.2 Å². The van der Waals surface area contributed by atoms with Crippen LogP contribution in [0, 0.1) is 0 Å². The second kappa shape index (κ2) is 9.05. The van der Waals surface area contributed by atoms with Crippen molar-refractivity contribution in [3.8, 4) is 0 Å². The van der Waals surface area contributed by atoms with Gasteiger partial charge < -0.3 is 11.1 Å². The molecule has 1 aromatic carbocycles. The van der Waals surface area contributed by atoms with Crippen molar-refractivity contribution in [2.75, 3.05) is 12.3 Å². The highest BCUT2D eigenvalue weighted by Crippen LogP contribution is 2.31. The van der Waals surface area contributed by atoms with Gasteiger partial charge in [0.15, 0.2) is 0 Å². The van der Waals surface area contributed by atoms with Crippen LogP contribution in [0.2, 0.25) is 0 Å². The molecule has 0 fully saturated rings. The summed E-state index contributed by atoms with van der Waals surface area (Å²) in [7, 11) is 0. The molecule has 0 heterocycles. The Kier molecular flexibility index (Phi) is 7.75. The molecule has 7 heteroatoms. The average molecular weight is 334 g/mol. The van der Waals surface area contributed by atoms with E-state index in [0.29, 0.717) is 11.4 Å². The van der Waals surface area contributed by atoms with Crippen LogP contribution >= 0.6 is 11.8 Å². The number of amides is 1. The van der Waals surface area contributed by atoms with Gasteiger partial charge in [-0.15, -0.1) is 11.8 Å². The molecule has 0 aliphatic rings.